The van der Waals surface area contributed by atoms with Crippen LogP contribution in [-0.2, 0) is 9.59 Å². The lowest BCUT2D eigenvalue weighted by atomic mass is 9.74. The number of rotatable bonds is 3. The highest BCUT2D eigenvalue weighted by atomic mass is 32.2. The molecule has 2 rings (SSSR count). The van der Waals surface area contributed by atoms with Gasteiger partial charge in [0.25, 0.3) is 0 Å². The third kappa shape index (κ3) is 2.83. The van der Waals surface area contributed by atoms with Gasteiger partial charge in [-0.3, -0.25) is 4.79 Å². The van der Waals surface area contributed by atoms with Crippen LogP contribution >= 0.6 is 11.8 Å². The number of carboxylic acid groups (broad SMARTS) is 1. The van der Waals surface area contributed by atoms with Gasteiger partial charge in [0.15, 0.2) is 0 Å². The van der Waals surface area contributed by atoms with E-state index in [0.717, 1.165) is 25.7 Å². The minimum atomic E-state index is -0.867. The highest BCUT2D eigenvalue weighted by Crippen LogP contribution is 2.42. The van der Waals surface area contributed by atoms with E-state index in [4.69, 9.17) is 0 Å². The van der Waals surface area contributed by atoms with Crippen molar-refractivity contribution in [3.05, 3.63) is 0 Å². The molecule has 1 heterocycles. The molecule has 1 saturated heterocycles. The second kappa shape index (κ2) is 5.96. The molecule has 1 saturated carbocycles. The number of nitrogens with zero attached hydrogens (tertiary/aromatic N) is 1. The van der Waals surface area contributed by atoms with Crippen LogP contribution in [0.25, 0.3) is 0 Å². The summed E-state index contributed by atoms with van der Waals surface area (Å²) in [7, 11) is 0. The largest absolute Gasteiger partial charge is 0.480 e. The minimum Gasteiger partial charge on any atom is -0.480 e. The summed E-state index contributed by atoms with van der Waals surface area (Å²) >= 11 is 1.61. The van der Waals surface area contributed by atoms with Crippen molar-refractivity contribution in [2.24, 2.45) is 11.3 Å². The molecule has 0 spiro atoms. The van der Waals surface area contributed by atoms with Gasteiger partial charge in [-0.15, -0.1) is 11.8 Å². The lowest BCUT2D eigenvalue weighted by Gasteiger charge is -2.40. The Labute approximate surface area is 125 Å². The number of carbonyl (C=O) groups is 2. The highest BCUT2D eigenvalue weighted by Gasteiger charge is 2.48. The fourth-order valence-corrected chi connectivity index (χ4v) is 4.82. The quantitative estimate of drug-likeness (QED) is 0.870. The molecule has 5 heteroatoms. The second-order valence-electron chi connectivity index (χ2n) is 6.66. The maximum atomic E-state index is 13.0. The fourth-order valence-electron chi connectivity index (χ4n) is 3.35. The molecule has 1 aliphatic carbocycles. The molecule has 1 amide bonds. The van der Waals surface area contributed by atoms with Crippen LogP contribution in [0.5, 0.6) is 0 Å². The van der Waals surface area contributed by atoms with E-state index in [9.17, 15) is 14.7 Å². The first-order valence-electron chi connectivity index (χ1n) is 7.54. The predicted molar refractivity (Wildman–Crippen MR) is 80.5 cm³/mol. The molecule has 4 nitrogen and oxygen atoms in total. The molecule has 2 atom stereocenters. The fraction of sp³-hybridized carbons (Fsp3) is 0.867. The van der Waals surface area contributed by atoms with Crippen LogP contribution in [0.1, 0.15) is 52.9 Å². The third-order valence-corrected chi connectivity index (χ3v) is 6.22. The summed E-state index contributed by atoms with van der Waals surface area (Å²) in [6.07, 6.45) is 5.13. The number of hydrogen-bond acceptors (Lipinski definition) is 3. The number of carbonyl (C=O) groups excluding carboxylic acids is 1. The van der Waals surface area contributed by atoms with E-state index in [-0.39, 0.29) is 22.6 Å². The van der Waals surface area contributed by atoms with Gasteiger partial charge in [0.05, 0.1) is 5.37 Å². The Morgan fingerprint density at radius 1 is 1.25 bits per heavy atom. The zero-order valence-electron chi connectivity index (χ0n) is 12.6. The summed E-state index contributed by atoms with van der Waals surface area (Å²) in [4.78, 5) is 26.1. The van der Waals surface area contributed by atoms with Gasteiger partial charge in [-0.1, -0.05) is 40.0 Å². The molecule has 2 fully saturated rings. The second-order valence-corrected chi connectivity index (χ2v) is 7.81. The zero-order valence-corrected chi connectivity index (χ0v) is 13.4. The molecule has 20 heavy (non-hydrogen) atoms. The number of hydrogen-bond donors (Lipinski definition) is 1. The molecule has 0 aromatic heterocycles. The summed E-state index contributed by atoms with van der Waals surface area (Å²) in [5.41, 5.74) is -0.357. The van der Waals surface area contributed by atoms with Crippen molar-refractivity contribution in [3.63, 3.8) is 0 Å². The van der Waals surface area contributed by atoms with Gasteiger partial charge in [0.1, 0.15) is 6.04 Å². The van der Waals surface area contributed by atoms with Gasteiger partial charge >= 0.3 is 5.97 Å². The molecule has 0 aromatic rings. The van der Waals surface area contributed by atoms with Gasteiger partial charge in [0, 0.05) is 11.2 Å². The van der Waals surface area contributed by atoms with Crippen LogP contribution in [0.3, 0.4) is 0 Å². The van der Waals surface area contributed by atoms with Crippen molar-refractivity contribution in [3.8, 4) is 0 Å². The van der Waals surface area contributed by atoms with Gasteiger partial charge in [-0.25, -0.2) is 4.79 Å². The predicted octanol–water partition coefficient (Wildman–Crippen LogP) is 2.97. The van der Waals surface area contributed by atoms with Crippen LogP contribution in [0.2, 0.25) is 0 Å². The topological polar surface area (TPSA) is 57.6 Å². The van der Waals surface area contributed by atoms with Crippen molar-refractivity contribution in [2.75, 3.05) is 5.75 Å². The molecule has 2 aliphatic rings. The first-order chi connectivity index (χ1) is 9.37. The van der Waals surface area contributed by atoms with E-state index < -0.39 is 12.0 Å². The van der Waals surface area contributed by atoms with Gasteiger partial charge in [0.2, 0.25) is 5.91 Å². The normalized spacial score (nSPS) is 29.7. The Balaban J connectivity index is 2.24. The summed E-state index contributed by atoms with van der Waals surface area (Å²) in [6.45, 7) is 6.14. The Hall–Kier alpha value is -0.710. The van der Waals surface area contributed by atoms with Crippen molar-refractivity contribution in [2.45, 2.75) is 64.3 Å². The maximum Gasteiger partial charge on any atom is 0.327 e. The van der Waals surface area contributed by atoms with Gasteiger partial charge < -0.3 is 10.0 Å². The van der Waals surface area contributed by atoms with Gasteiger partial charge in [-0.05, 0) is 18.8 Å². The number of thioether (sulfide) groups is 1. The van der Waals surface area contributed by atoms with E-state index in [2.05, 4.69) is 13.8 Å². The van der Waals surface area contributed by atoms with E-state index in [1.807, 2.05) is 6.92 Å². The van der Waals surface area contributed by atoms with Crippen LogP contribution in [-0.4, -0.2) is 39.1 Å². The van der Waals surface area contributed by atoms with Crippen LogP contribution in [0.4, 0.5) is 0 Å². The molecule has 0 radical (unpaired) electrons. The van der Waals surface area contributed by atoms with Crippen LogP contribution < -0.4 is 0 Å². The summed E-state index contributed by atoms with van der Waals surface area (Å²) in [6, 6.07) is -0.654. The van der Waals surface area contributed by atoms with Crippen LogP contribution in [0, 0.1) is 11.3 Å². The molecule has 0 aromatic carbocycles. The maximum absolute atomic E-state index is 13.0. The Bertz CT molecular complexity index is 391. The monoisotopic (exact) mass is 299 g/mol. The third-order valence-electron chi connectivity index (χ3n) is 4.60. The smallest absolute Gasteiger partial charge is 0.327 e. The number of carboxylic acids is 1. The molecular formula is C15H25NO3S. The summed E-state index contributed by atoms with van der Waals surface area (Å²) in [5, 5.41) is 9.41. The first-order valence-corrected chi connectivity index (χ1v) is 8.59. The van der Waals surface area contributed by atoms with E-state index in [1.165, 1.54) is 6.42 Å². The first kappa shape index (κ1) is 15.7. The lowest BCUT2D eigenvalue weighted by Crippen LogP contribution is -2.52. The lowest BCUT2D eigenvalue weighted by molar-refractivity contribution is -0.155. The average molecular weight is 299 g/mol. The van der Waals surface area contributed by atoms with Crippen molar-refractivity contribution >= 4 is 23.6 Å². The van der Waals surface area contributed by atoms with Crippen LogP contribution in [0.15, 0.2) is 0 Å². The van der Waals surface area contributed by atoms with Gasteiger partial charge in [-0.2, -0.15) is 0 Å². The number of aliphatic carboxylic acids is 1. The minimum absolute atomic E-state index is 0.00218. The zero-order chi connectivity index (χ0) is 14.9. The Morgan fingerprint density at radius 2 is 1.85 bits per heavy atom. The Morgan fingerprint density at radius 3 is 2.35 bits per heavy atom. The SMILES string of the molecule is CC(C)C1SCC(C(=O)O)N1C(=O)C1(C)CCCCC1. The van der Waals surface area contributed by atoms with Crippen molar-refractivity contribution in [1.29, 1.82) is 0 Å². The average Bonchev–Trinajstić information content (AvgIpc) is 2.83. The molecule has 2 unspecified atom stereocenters. The standard InChI is InChI=1S/C15H25NO3S/c1-10(2)12-16(11(9-20-12)13(17)18)14(19)15(3)7-5-4-6-8-15/h10-12H,4-9H2,1-3H3,(H,17,18). The van der Waals surface area contributed by atoms with E-state index in [1.54, 1.807) is 16.7 Å². The molecule has 1 N–H and O–H groups in total. The highest BCUT2D eigenvalue weighted by molar-refractivity contribution is 8.00. The van der Waals surface area contributed by atoms with E-state index >= 15 is 0 Å². The Kier molecular flexibility index (Phi) is 4.67. The molecular weight excluding hydrogens is 274 g/mol. The number of amides is 1. The molecule has 1 aliphatic heterocycles. The summed E-state index contributed by atoms with van der Waals surface area (Å²) in [5.74, 6) is -0.0119. The van der Waals surface area contributed by atoms with Crippen molar-refractivity contribution < 1.29 is 14.7 Å². The van der Waals surface area contributed by atoms with E-state index in [0.29, 0.717) is 5.75 Å². The summed E-state index contributed by atoms with van der Waals surface area (Å²) < 4.78 is 0. The molecule has 0 bridgehead atoms. The van der Waals surface area contributed by atoms with Crippen molar-refractivity contribution in [1.82, 2.24) is 4.90 Å². The molecule has 114 valence electrons.